The van der Waals surface area contributed by atoms with Crippen LogP contribution in [-0.2, 0) is 0 Å². The molecule has 0 fully saturated rings. The molecule has 0 bridgehead atoms. The zero-order valence-electron chi connectivity index (χ0n) is 29.9. The van der Waals surface area contributed by atoms with E-state index in [1.54, 1.807) is 12.4 Å². The standard InChI is InChI=1S/C49H29N7/c1-2-11-32-27-36(22-20-30(32)10-1)55-43-17-9-12-31-18-19-34-26-35(29-44(55)46(34)45(31)43)33-21-23-42-38(28-33)37-13-3-4-16-41(37)56(42)49-53-47(39-14-5-7-24-50-39)52-48(54-49)40-15-6-8-25-51-40/h1-29H. The third-order valence-electron chi connectivity index (χ3n) is 11.0. The number of benzene rings is 7. The van der Waals surface area contributed by atoms with Crippen LogP contribution in [0.15, 0.2) is 176 Å². The average Bonchev–Trinajstić information content (AvgIpc) is 3.79. The number of hydrogen-bond donors (Lipinski definition) is 0. The van der Waals surface area contributed by atoms with E-state index in [0.717, 1.165) is 38.6 Å². The van der Waals surface area contributed by atoms with Crippen LogP contribution in [0, 0.1) is 0 Å². The second-order valence-electron chi connectivity index (χ2n) is 14.2. The molecule has 7 heteroatoms. The lowest BCUT2D eigenvalue weighted by Gasteiger charge is -2.12. The molecule has 0 aliphatic rings. The SMILES string of the molecule is c1ccc(-c2nc(-c3ccccn3)nc(-n3c4ccccc4c4cc(-c5cc6ccc7cccc8c7c6c(c5)n8-c5ccc6ccccc6c5)ccc43)n2)nc1. The second kappa shape index (κ2) is 11.9. The molecule has 0 N–H and O–H groups in total. The largest absolute Gasteiger partial charge is 0.309 e. The van der Waals surface area contributed by atoms with Crippen molar-refractivity contribution in [2.45, 2.75) is 0 Å². The summed E-state index contributed by atoms with van der Waals surface area (Å²) in [4.78, 5) is 24.1. The van der Waals surface area contributed by atoms with Crippen molar-refractivity contribution < 1.29 is 0 Å². The van der Waals surface area contributed by atoms with Gasteiger partial charge in [-0.3, -0.25) is 14.5 Å². The van der Waals surface area contributed by atoms with E-state index >= 15 is 0 Å². The number of aromatic nitrogens is 7. The molecule has 7 aromatic carbocycles. The predicted molar refractivity (Wildman–Crippen MR) is 227 cm³/mol. The van der Waals surface area contributed by atoms with Gasteiger partial charge in [-0.25, -0.2) is 4.98 Å². The van der Waals surface area contributed by atoms with Gasteiger partial charge in [0, 0.05) is 39.6 Å². The fourth-order valence-electron chi connectivity index (χ4n) is 8.51. The highest BCUT2D eigenvalue weighted by molar-refractivity contribution is 6.25. The minimum absolute atomic E-state index is 0.485. The Balaban J connectivity index is 1.08. The average molecular weight is 716 g/mol. The highest BCUT2D eigenvalue weighted by atomic mass is 15.2. The van der Waals surface area contributed by atoms with Gasteiger partial charge in [0.15, 0.2) is 11.6 Å². The van der Waals surface area contributed by atoms with Gasteiger partial charge in [-0.05, 0) is 105 Å². The third-order valence-corrected chi connectivity index (χ3v) is 11.0. The summed E-state index contributed by atoms with van der Waals surface area (Å²) in [6.45, 7) is 0. The maximum Gasteiger partial charge on any atom is 0.238 e. The van der Waals surface area contributed by atoms with Gasteiger partial charge in [0.25, 0.3) is 0 Å². The van der Waals surface area contributed by atoms with E-state index in [0.29, 0.717) is 29.0 Å². The maximum atomic E-state index is 5.03. The van der Waals surface area contributed by atoms with E-state index in [-0.39, 0.29) is 0 Å². The van der Waals surface area contributed by atoms with Gasteiger partial charge >= 0.3 is 0 Å². The van der Waals surface area contributed by atoms with E-state index in [1.165, 1.54) is 43.4 Å². The number of pyridine rings is 2. The summed E-state index contributed by atoms with van der Waals surface area (Å²) in [5.41, 5.74) is 9.16. The highest BCUT2D eigenvalue weighted by Gasteiger charge is 2.21. The molecule has 5 heterocycles. The lowest BCUT2D eigenvalue weighted by atomic mass is 9.96. The molecular formula is C49H29N7. The molecule has 0 radical (unpaired) electrons. The van der Waals surface area contributed by atoms with Gasteiger partial charge in [-0.1, -0.05) is 91.0 Å². The Morgan fingerprint density at radius 2 is 1.02 bits per heavy atom. The fourth-order valence-corrected chi connectivity index (χ4v) is 8.51. The Hall–Kier alpha value is -7.77. The summed E-state index contributed by atoms with van der Waals surface area (Å²) in [6, 6.07) is 57.8. The third kappa shape index (κ3) is 4.61. The van der Waals surface area contributed by atoms with Crippen molar-refractivity contribution in [3.8, 4) is 45.8 Å². The number of nitrogens with zero attached hydrogens (tertiary/aromatic N) is 7. The Morgan fingerprint density at radius 3 is 1.82 bits per heavy atom. The minimum Gasteiger partial charge on any atom is -0.309 e. The minimum atomic E-state index is 0.485. The van der Waals surface area contributed by atoms with Crippen molar-refractivity contribution in [1.82, 2.24) is 34.1 Å². The predicted octanol–water partition coefficient (Wildman–Crippen LogP) is 11.6. The van der Waals surface area contributed by atoms with E-state index < -0.39 is 0 Å². The molecule has 0 saturated carbocycles. The van der Waals surface area contributed by atoms with E-state index in [1.807, 2.05) is 36.4 Å². The smallest absolute Gasteiger partial charge is 0.238 e. The number of fused-ring (bicyclic) bond motifs is 4. The van der Waals surface area contributed by atoms with Crippen LogP contribution in [0.5, 0.6) is 0 Å². The van der Waals surface area contributed by atoms with E-state index in [9.17, 15) is 0 Å². The number of para-hydroxylation sites is 1. The molecule has 7 nitrogen and oxygen atoms in total. The summed E-state index contributed by atoms with van der Waals surface area (Å²) >= 11 is 0. The zero-order chi connectivity index (χ0) is 36.7. The number of hydrogen-bond acceptors (Lipinski definition) is 5. The molecule has 0 aliphatic heterocycles. The molecule has 0 amide bonds. The lowest BCUT2D eigenvalue weighted by molar-refractivity contribution is 0.943. The van der Waals surface area contributed by atoms with Gasteiger partial charge in [-0.2, -0.15) is 9.97 Å². The second-order valence-corrected chi connectivity index (χ2v) is 14.2. The van der Waals surface area contributed by atoms with Crippen molar-refractivity contribution in [3.05, 3.63) is 176 Å². The normalized spacial score (nSPS) is 11.9. The summed E-state index contributed by atoms with van der Waals surface area (Å²) in [7, 11) is 0. The molecule has 0 saturated heterocycles. The summed E-state index contributed by atoms with van der Waals surface area (Å²) < 4.78 is 4.56. The molecule has 0 atom stereocenters. The van der Waals surface area contributed by atoms with E-state index in [4.69, 9.17) is 15.0 Å². The van der Waals surface area contributed by atoms with Crippen molar-refractivity contribution in [3.63, 3.8) is 0 Å². The first-order valence-electron chi connectivity index (χ1n) is 18.7. The van der Waals surface area contributed by atoms with Gasteiger partial charge in [-0.15, -0.1) is 0 Å². The Labute approximate surface area is 320 Å². The van der Waals surface area contributed by atoms with Crippen molar-refractivity contribution in [2.75, 3.05) is 0 Å². The molecule has 5 aromatic heterocycles. The van der Waals surface area contributed by atoms with Crippen LogP contribution in [0.1, 0.15) is 0 Å². The topological polar surface area (TPSA) is 74.3 Å². The van der Waals surface area contributed by atoms with Crippen LogP contribution < -0.4 is 0 Å². The molecule has 12 aromatic rings. The first kappa shape index (κ1) is 30.7. The Morgan fingerprint density at radius 1 is 0.357 bits per heavy atom. The van der Waals surface area contributed by atoms with Gasteiger partial charge in [0.1, 0.15) is 11.4 Å². The molecule has 56 heavy (non-hydrogen) atoms. The zero-order valence-corrected chi connectivity index (χ0v) is 29.9. The first-order chi connectivity index (χ1) is 27.7. The quantitative estimate of drug-likeness (QED) is 0.166. The van der Waals surface area contributed by atoms with Crippen LogP contribution in [0.4, 0.5) is 0 Å². The monoisotopic (exact) mass is 715 g/mol. The van der Waals surface area contributed by atoms with Crippen LogP contribution in [-0.4, -0.2) is 34.1 Å². The van der Waals surface area contributed by atoms with Crippen molar-refractivity contribution in [2.24, 2.45) is 0 Å². The van der Waals surface area contributed by atoms with Crippen LogP contribution in [0.25, 0.3) is 111 Å². The molecule has 0 spiro atoms. The first-order valence-corrected chi connectivity index (χ1v) is 18.7. The Kier molecular flexibility index (Phi) is 6.50. The van der Waals surface area contributed by atoms with Crippen molar-refractivity contribution >= 4 is 65.2 Å². The summed E-state index contributed by atoms with van der Waals surface area (Å²) in [5, 5.41) is 9.73. The maximum absolute atomic E-state index is 5.03. The highest BCUT2D eigenvalue weighted by Crippen LogP contribution is 2.42. The van der Waals surface area contributed by atoms with Gasteiger partial charge in [0.05, 0.1) is 22.1 Å². The van der Waals surface area contributed by atoms with Crippen LogP contribution >= 0.6 is 0 Å². The molecule has 260 valence electrons. The van der Waals surface area contributed by atoms with Gasteiger partial charge < -0.3 is 4.57 Å². The van der Waals surface area contributed by atoms with Crippen LogP contribution in [0.2, 0.25) is 0 Å². The molecule has 12 rings (SSSR count). The lowest BCUT2D eigenvalue weighted by Crippen LogP contribution is -2.07. The van der Waals surface area contributed by atoms with Crippen molar-refractivity contribution in [1.29, 1.82) is 0 Å². The summed E-state index contributed by atoms with van der Waals surface area (Å²) in [5.74, 6) is 1.48. The molecule has 0 aliphatic carbocycles. The van der Waals surface area contributed by atoms with Crippen LogP contribution in [0.3, 0.4) is 0 Å². The van der Waals surface area contributed by atoms with E-state index in [2.05, 4.69) is 146 Å². The summed E-state index contributed by atoms with van der Waals surface area (Å²) in [6.07, 6.45) is 3.51. The fraction of sp³-hybridized carbons (Fsp3) is 0. The number of rotatable bonds is 5. The molecular weight excluding hydrogens is 687 g/mol. The van der Waals surface area contributed by atoms with Gasteiger partial charge in [0.2, 0.25) is 5.95 Å². The Bertz CT molecular complexity index is 3420. The molecule has 0 unspecified atom stereocenters.